The summed E-state index contributed by atoms with van der Waals surface area (Å²) in [5, 5.41) is 0. The first-order valence-corrected chi connectivity index (χ1v) is 7.67. The number of anilines is 1. The van der Waals surface area contributed by atoms with E-state index in [-0.39, 0.29) is 5.41 Å². The van der Waals surface area contributed by atoms with Crippen LogP contribution in [0, 0.1) is 5.41 Å². The molecule has 0 unspecified atom stereocenters. The predicted molar refractivity (Wildman–Crippen MR) is 86.6 cm³/mol. The Morgan fingerprint density at radius 1 is 1.23 bits per heavy atom. The Morgan fingerprint density at radius 3 is 2.50 bits per heavy atom. The molecule has 0 spiro atoms. The minimum Gasteiger partial charge on any atom is -0.406 e. The lowest BCUT2D eigenvalue weighted by atomic mass is 9.97. The molecule has 1 aromatic heterocycles. The van der Waals surface area contributed by atoms with Gasteiger partial charge >= 0.3 is 5.97 Å². The third kappa shape index (κ3) is 3.03. The van der Waals surface area contributed by atoms with Gasteiger partial charge in [0.2, 0.25) is 5.90 Å². The van der Waals surface area contributed by atoms with Crippen LogP contribution in [0.2, 0.25) is 0 Å². The van der Waals surface area contributed by atoms with E-state index in [1.54, 1.807) is 12.3 Å². The van der Waals surface area contributed by atoms with Crippen LogP contribution < -0.4 is 4.90 Å². The Bertz CT molecular complexity index is 633. The Labute approximate surface area is 130 Å². The van der Waals surface area contributed by atoms with E-state index in [4.69, 9.17) is 4.74 Å². The van der Waals surface area contributed by atoms with Gasteiger partial charge in [-0.1, -0.05) is 20.8 Å². The summed E-state index contributed by atoms with van der Waals surface area (Å²) in [4.78, 5) is 22.9. The van der Waals surface area contributed by atoms with Crippen molar-refractivity contribution in [3.05, 3.63) is 29.6 Å². The van der Waals surface area contributed by atoms with Crippen LogP contribution in [-0.2, 0) is 9.53 Å². The summed E-state index contributed by atoms with van der Waals surface area (Å²) in [6.45, 7) is 8.04. The lowest BCUT2D eigenvalue weighted by molar-refractivity contribution is -0.130. The van der Waals surface area contributed by atoms with Gasteiger partial charge in [-0.05, 0) is 36.6 Å². The number of carbonyl (C=O) groups is 1. The van der Waals surface area contributed by atoms with Gasteiger partial charge in [0.05, 0.1) is 0 Å². The zero-order valence-electron chi connectivity index (χ0n) is 13.3. The fourth-order valence-corrected chi connectivity index (χ4v) is 2.50. The van der Waals surface area contributed by atoms with Crippen molar-refractivity contribution in [2.24, 2.45) is 10.4 Å². The molecule has 0 aromatic carbocycles. The SMILES string of the molecule is CC(C)(C)C1=NC(=Cc2ccc(N3CCCC3)nc2)C(=O)O1. The second kappa shape index (κ2) is 5.55. The molecule has 0 bridgehead atoms. The summed E-state index contributed by atoms with van der Waals surface area (Å²) in [5.41, 5.74) is 0.915. The molecule has 0 saturated carbocycles. The van der Waals surface area contributed by atoms with Gasteiger partial charge in [0.1, 0.15) is 5.82 Å². The minimum atomic E-state index is -0.395. The van der Waals surface area contributed by atoms with Crippen LogP contribution in [0.5, 0.6) is 0 Å². The number of rotatable bonds is 2. The first-order chi connectivity index (χ1) is 10.4. The second-order valence-corrected chi connectivity index (χ2v) is 6.73. The maximum absolute atomic E-state index is 11.9. The van der Waals surface area contributed by atoms with E-state index in [1.807, 2.05) is 32.9 Å². The third-order valence-electron chi connectivity index (χ3n) is 3.77. The summed E-state index contributed by atoms with van der Waals surface area (Å²) < 4.78 is 5.23. The molecule has 0 radical (unpaired) electrons. The van der Waals surface area contributed by atoms with Gasteiger partial charge < -0.3 is 9.64 Å². The Kier molecular flexibility index (Phi) is 3.72. The highest BCUT2D eigenvalue weighted by Gasteiger charge is 2.31. The molecule has 0 aliphatic carbocycles. The molecule has 2 aliphatic rings. The Morgan fingerprint density at radius 2 is 1.95 bits per heavy atom. The summed E-state index contributed by atoms with van der Waals surface area (Å²) >= 11 is 0. The van der Waals surface area contributed by atoms with E-state index in [1.165, 1.54) is 12.8 Å². The van der Waals surface area contributed by atoms with Crippen molar-refractivity contribution in [1.82, 2.24) is 4.98 Å². The van der Waals surface area contributed by atoms with Crippen LogP contribution in [0.15, 0.2) is 29.0 Å². The van der Waals surface area contributed by atoms with Crippen LogP contribution in [0.25, 0.3) is 6.08 Å². The standard InChI is InChI=1S/C17H21N3O2/c1-17(2,3)16-19-13(15(21)22-16)10-12-6-7-14(18-11-12)20-8-4-5-9-20/h6-7,10-11H,4-5,8-9H2,1-3H3. The highest BCUT2D eigenvalue weighted by Crippen LogP contribution is 2.26. The minimum absolute atomic E-state index is 0.275. The van der Waals surface area contributed by atoms with Gasteiger partial charge in [0, 0.05) is 24.7 Å². The van der Waals surface area contributed by atoms with Crippen molar-refractivity contribution in [3.8, 4) is 0 Å². The molecule has 0 N–H and O–H groups in total. The van der Waals surface area contributed by atoms with Gasteiger partial charge in [0.25, 0.3) is 0 Å². The molecule has 1 saturated heterocycles. The topological polar surface area (TPSA) is 54.8 Å². The zero-order chi connectivity index (χ0) is 15.7. The number of esters is 1. The van der Waals surface area contributed by atoms with Crippen LogP contribution in [0.4, 0.5) is 5.82 Å². The maximum atomic E-state index is 11.9. The Hall–Kier alpha value is -2.17. The molecule has 5 nitrogen and oxygen atoms in total. The number of aliphatic imine (C=N–C) groups is 1. The molecule has 2 aliphatic heterocycles. The number of ether oxygens (including phenoxy) is 1. The van der Waals surface area contributed by atoms with Gasteiger partial charge in [-0.3, -0.25) is 0 Å². The van der Waals surface area contributed by atoms with Crippen LogP contribution in [-0.4, -0.2) is 29.9 Å². The second-order valence-electron chi connectivity index (χ2n) is 6.73. The van der Waals surface area contributed by atoms with E-state index in [2.05, 4.69) is 14.9 Å². The zero-order valence-corrected chi connectivity index (χ0v) is 13.3. The van der Waals surface area contributed by atoms with E-state index >= 15 is 0 Å². The number of hydrogen-bond acceptors (Lipinski definition) is 5. The number of cyclic esters (lactones) is 1. The molecular weight excluding hydrogens is 278 g/mol. The maximum Gasteiger partial charge on any atom is 0.363 e. The van der Waals surface area contributed by atoms with Crippen LogP contribution >= 0.6 is 0 Å². The molecule has 22 heavy (non-hydrogen) atoms. The first-order valence-electron chi connectivity index (χ1n) is 7.67. The average Bonchev–Trinajstić information content (AvgIpc) is 3.10. The molecule has 0 amide bonds. The van der Waals surface area contributed by atoms with E-state index in [0.29, 0.717) is 11.6 Å². The summed E-state index contributed by atoms with van der Waals surface area (Å²) in [6, 6.07) is 3.96. The lowest BCUT2D eigenvalue weighted by Gasteiger charge is -2.15. The number of carbonyl (C=O) groups excluding carboxylic acids is 1. The monoisotopic (exact) mass is 299 g/mol. The molecule has 0 atom stereocenters. The molecule has 5 heteroatoms. The summed E-state index contributed by atoms with van der Waals surface area (Å²) in [5.74, 6) is 1.06. The van der Waals surface area contributed by atoms with Crippen molar-refractivity contribution in [2.45, 2.75) is 33.6 Å². The first kappa shape index (κ1) is 14.8. The van der Waals surface area contributed by atoms with Gasteiger partial charge in [-0.15, -0.1) is 0 Å². The van der Waals surface area contributed by atoms with E-state index in [0.717, 1.165) is 24.5 Å². The van der Waals surface area contributed by atoms with Crippen molar-refractivity contribution in [1.29, 1.82) is 0 Å². The van der Waals surface area contributed by atoms with Crippen molar-refractivity contribution < 1.29 is 9.53 Å². The van der Waals surface area contributed by atoms with Gasteiger partial charge in [0.15, 0.2) is 5.70 Å². The fraction of sp³-hybridized carbons (Fsp3) is 0.471. The van der Waals surface area contributed by atoms with E-state index < -0.39 is 5.97 Å². The largest absolute Gasteiger partial charge is 0.406 e. The number of pyridine rings is 1. The smallest absolute Gasteiger partial charge is 0.363 e. The number of nitrogens with zero attached hydrogens (tertiary/aromatic N) is 3. The molecule has 3 rings (SSSR count). The molecule has 1 aromatic rings. The average molecular weight is 299 g/mol. The van der Waals surface area contributed by atoms with Crippen LogP contribution in [0.1, 0.15) is 39.2 Å². The van der Waals surface area contributed by atoms with Crippen molar-refractivity contribution in [2.75, 3.05) is 18.0 Å². The highest BCUT2D eigenvalue weighted by molar-refractivity contribution is 6.08. The summed E-state index contributed by atoms with van der Waals surface area (Å²) in [6.07, 6.45) is 5.95. The quantitative estimate of drug-likeness (QED) is 0.622. The molecule has 1 fully saturated rings. The van der Waals surface area contributed by atoms with Gasteiger partial charge in [-0.25, -0.2) is 14.8 Å². The molecule has 116 valence electrons. The van der Waals surface area contributed by atoms with Gasteiger partial charge in [-0.2, -0.15) is 0 Å². The number of hydrogen-bond donors (Lipinski definition) is 0. The van der Waals surface area contributed by atoms with Crippen LogP contribution in [0.3, 0.4) is 0 Å². The predicted octanol–water partition coefficient (Wildman–Crippen LogP) is 3.02. The normalized spacial score (nSPS) is 20.5. The fourth-order valence-electron chi connectivity index (χ4n) is 2.50. The van der Waals surface area contributed by atoms with Crippen molar-refractivity contribution in [3.63, 3.8) is 0 Å². The number of aromatic nitrogens is 1. The lowest BCUT2D eigenvalue weighted by Crippen LogP contribution is -2.21. The highest BCUT2D eigenvalue weighted by atomic mass is 16.6. The third-order valence-corrected chi connectivity index (χ3v) is 3.77. The van der Waals surface area contributed by atoms with Crippen molar-refractivity contribution >= 4 is 23.8 Å². The summed E-state index contributed by atoms with van der Waals surface area (Å²) in [7, 11) is 0. The van der Waals surface area contributed by atoms with E-state index in [9.17, 15) is 4.79 Å². The molecular formula is C17H21N3O2. The Balaban J connectivity index is 1.80. The molecule has 3 heterocycles.